The highest BCUT2D eigenvalue weighted by molar-refractivity contribution is 5.89. The minimum Gasteiger partial charge on any atom is -0.466 e. The molecule has 0 unspecified atom stereocenters. The van der Waals surface area contributed by atoms with E-state index >= 15 is 0 Å². The maximum atomic E-state index is 12.2. The molecule has 24 heavy (non-hydrogen) atoms. The first-order valence-corrected chi connectivity index (χ1v) is 8.05. The van der Waals surface area contributed by atoms with E-state index in [-0.39, 0.29) is 30.4 Å². The molecule has 1 atom stereocenters. The lowest BCUT2D eigenvalue weighted by atomic mass is 10.1. The van der Waals surface area contributed by atoms with Crippen LogP contribution in [-0.2, 0) is 20.7 Å². The van der Waals surface area contributed by atoms with Gasteiger partial charge >= 0.3 is 12.0 Å². The van der Waals surface area contributed by atoms with Gasteiger partial charge in [-0.1, -0.05) is 12.1 Å². The first-order chi connectivity index (χ1) is 11.5. The van der Waals surface area contributed by atoms with Crippen molar-refractivity contribution >= 4 is 23.6 Å². The van der Waals surface area contributed by atoms with Gasteiger partial charge in [0, 0.05) is 31.7 Å². The third-order valence-electron chi connectivity index (χ3n) is 3.74. The van der Waals surface area contributed by atoms with E-state index in [4.69, 9.17) is 4.74 Å². The van der Waals surface area contributed by atoms with Crippen molar-refractivity contribution < 1.29 is 19.1 Å². The van der Waals surface area contributed by atoms with Crippen molar-refractivity contribution in [1.29, 1.82) is 0 Å². The molecular weight excluding hydrogens is 310 g/mol. The Morgan fingerprint density at radius 3 is 2.58 bits per heavy atom. The van der Waals surface area contributed by atoms with Crippen LogP contribution in [0.15, 0.2) is 24.3 Å². The summed E-state index contributed by atoms with van der Waals surface area (Å²) in [5.74, 6) is -0.352. The van der Waals surface area contributed by atoms with E-state index in [1.54, 1.807) is 36.1 Å². The number of amides is 3. The normalized spacial score (nSPS) is 16.6. The average Bonchev–Trinajstić information content (AvgIpc) is 2.97. The standard InChI is InChI=1S/C17H23N3O4/c1-3-24-16(22)10-13-4-6-14(7-5-13)19-17(23)20-9-8-15(11-20)18-12(2)21/h4-7,15H,3,8-11H2,1-2H3,(H,18,21)(H,19,23)/t15-/m0/s1. The molecule has 2 rings (SSSR count). The summed E-state index contributed by atoms with van der Waals surface area (Å²) < 4.78 is 4.90. The topological polar surface area (TPSA) is 87.7 Å². The van der Waals surface area contributed by atoms with Crippen LogP contribution in [0.4, 0.5) is 10.5 Å². The molecule has 0 saturated carbocycles. The predicted octanol–water partition coefficient (Wildman–Crippen LogP) is 1.53. The summed E-state index contributed by atoms with van der Waals surface area (Å²) >= 11 is 0. The minimum atomic E-state index is -0.268. The summed E-state index contributed by atoms with van der Waals surface area (Å²) in [6.45, 7) is 4.72. The molecule has 1 heterocycles. The van der Waals surface area contributed by atoms with Gasteiger partial charge in [0.15, 0.2) is 0 Å². The second-order valence-corrected chi connectivity index (χ2v) is 5.74. The zero-order valence-electron chi connectivity index (χ0n) is 14.0. The first kappa shape index (κ1) is 17.8. The van der Waals surface area contributed by atoms with Gasteiger partial charge in [0.25, 0.3) is 0 Å². The maximum Gasteiger partial charge on any atom is 0.321 e. The molecule has 1 aliphatic rings. The van der Waals surface area contributed by atoms with Crippen LogP contribution >= 0.6 is 0 Å². The van der Waals surface area contributed by atoms with Crippen LogP contribution in [0, 0.1) is 0 Å². The number of likely N-dealkylation sites (tertiary alicyclic amines) is 1. The Labute approximate surface area is 141 Å². The van der Waals surface area contributed by atoms with Gasteiger partial charge in [0.2, 0.25) is 5.91 Å². The molecule has 1 aromatic carbocycles. The number of rotatable bonds is 5. The highest BCUT2D eigenvalue weighted by Crippen LogP contribution is 2.14. The largest absolute Gasteiger partial charge is 0.466 e. The molecule has 2 N–H and O–H groups in total. The molecule has 1 fully saturated rings. The van der Waals surface area contributed by atoms with Gasteiger partial charge < -0.3 is 20.3 Å². The Morgan fingerprint density at radius 1 is 1.25 bits per heavy atom. The molecule has 130 valence electrons. The SMILES string of the molecule is CCOC(=O)Cc1ccc(NC(=O)N2CC[C@H](NC(C)=O)C2)cc1. The van der Waals surface area contributed by atoms with Gasteiger partial charge in [0.1, 0.15) is 0 Å². The van der Waals surface area contributed by atoms with Gasteiger partial charge in [-0.2, -0.15) is 0 Å². The number of hydrogen-bond donors (Lipinski definition) is 2. The lowest BCUT2D eigenvalue weighted by Crippen LogP contribution is -2.38. The number of esters is 1. The van der Waals surface area contributed by atoms with Crippen LogP contribution < -0.4 is 10.6 Å². The molecule has 1 aromatic rings. The number of ether oxygens (including phenoxy) is 1. The third-order valence-corrected chi connectivity index (χ3v) is 3.74. The summed E-state index contributed by atoms with van der Waals surface area (Å²) in [4.78, 5) is 36.4. The van der Waals surface area contributed by atoms with E-state index in [0.29, 0.717) is 25.4 Å². The second-order valence-electron chi connectivity index (χ2n) is 5.74. The molecule has 0 radical (unpaired) electrons. The third kappa shape index (κ3) is 5.26. The van der Waals surface area contributed by atoms with E-state index in [1.807, 2.05) is 0 Å². The Bertz CT molecular complexity index is 600. The monoisotopic (exact) mass is 333 g/mol. The van der Waals surface area contributed by atoms with E-state index in [0.717, 1.165) is 12.0 Å². The number of nitrogens with one attached hydrogen (secondary N) is 2. The number of anilines is 1. The average molecular weight is 333 g/mol. The molecular formula is C17H23N3O4. The quantitative estimate of drug-likeness (QED) is 0.800. The molecule has 1 saturated heterocycles. The summed E-state index contributed by atoms with van der Waals surface area (Å²) in [7, 11) is 0. The molecule has 7 heteroatoms. The summed E-state index contributed by atoms with van der Waals surface area (Å²) in [6, 6.07) is 6.91. The van der Waals surface area contributed by atoms with Crippen molar-refractivity contribution in [2.45, 2.75) is 32.7 Å². The fourth-order valence-corrected chi connectivity index (χ4v) is 2.64. The van der Waals surface area contributed by atoms with Crippen molar-refractivity contribution in [2.24, 2.45) is 0 Å². The van der Waals surface area contributed by atoms with Gasteiger partial charge in [-0.15, -0.1) is 0 Å². The number of benzene rings is 1. The Kier molecular flexibility index (Phi) is 6.17. The Balaban J connectivity index is 1.84. The number of urea groups is 1. The lowest BCUT2D eigenvalue weighted by Gasteiger charge is -2.17. The van der Waals surface area contributed by atoms with Crippen LogP contribution in [-0.4, -0.2) is 48.5 Å². The van der Waals surface area contributed by atoms with Gasteiger partial charge in [0.05, 0.1) is 13.0 Å². The highest BCUT2D eigenvalue weighted by Gasteiger charge is 2.26. The van der Waals surface area contributed by atoms with E-state index in [2.05, 4.69) is 10.6 Å². The fraction of sp³-hybridized carbons (Fsp3) is 0.471. The molecule has 3 amide bonds. The van der Waals surface area contributed by atoms with Crippen LogP contribution in [0.5, 0.6) is 0 Å². The zero-order chi connectivity index (χ0) is 17.5. The van der Waals surface area contributed by atoms with Crippen molar-refractivity contribution in [2.75, 3.05) is 25.0 Å². The van der Waals surface area contributed by atoms with Crippen LogP contribution in [0.2, 0.25) is 0 Å². The van der Waals surface area contributed by atoms with Gasteiger partial charge in [-0.05, 0) is 31.0 Å². The summed E-state index contributed by atoms with van der Waals surface area (Å²) in [5, 5.41) is 5.64. The molecule has 0 spiro atoms. The van der Waals surface area contributed by atoms with E-state index in [1.165, 1.54) is 6.92 Å². The smallest absolute Gasteiger partial charge is 0.321 e. The van der Waals surface area contributed by atoms with Crippen molar-refractivity contribution in [3.05, 3.63) is 29.8 Å². The summed E-state index contributed by atoms with van der Waals surface area (Å²) in [6.07, 6.45) is 0.970. The van der Waals surface area contributed by atoms with Crippen LogP contribution in [0.25, 0.3) is 0 Å². The zero-order valence-corrected chi connectivity index (χ0v) is 14.0. The maximum absolute atomic E-state index is 12.2. The van der Waals surface area contributed by atoms with E-state index < -0.39 is 0 Å². The minimum absolute atomic E-state index is 0.0141. The molecule has 7 nitrogen and oxygen atoms in total. The number of nitrogens with zero attached hydrogens (tertiary/aromatic N) is 1. The van der Waals surface area contributed by atoms with Crippen molar-refractivity contribution in [1.82, 2.24) is 10.2 Å². The summed E-state index contributed by atoms with van der Waals surface area (Å²) in [5.41, 5.74) is 1.49. The van der Waals surface area contributed by atoms with Crippen molar-refractivity contribution in [3.8, 4) is 0 Å². The lowest BCUT2D eigenvalue weighted by molar-refractivity contribution is -0.142. The fourth-order valence-electron chi connectivity index (χ4n) is 2.64. The first-order valence-electron chi connectivity index (χ1n) is 8.05. The Morgan fingerprint density at radius 2 is 1.96 bits per heavy atom. The molecule has 0 aromatic heterocycles. The van der Waals surface area contributed by atoms with Crippen LogP contribution in [0.3, 0.4) is 0 Å². The van der Waals surface area contributed by atoms with E-state index in [9.17, 15) is 14.4 Å². The molecule has 1 aliphatic heterocycles. The predicted molar refractivity (Wildman–Crippen MR) is 89.6 cm³/mol. The molecule has 0 bridgehead atoms. The number of carbonyl (C=O) groups excluding carboxylic acids is 3. The van der Waals surface area contributed by atoms with Gasteiger partial charge in [-0.3, -0.25) is 9.59 Å². The van der Waals surface area contributed by atoms with Gasteiger partial charge in [-0.25, -0.2) is 4.79 Å². The highest BCUT2D eigenvalue weighted by atomic mass is 16.5. The number of hydrogen-bond acceptors (Lipinski definition) is 4. The second kappa shape index (κ2) is 8.33. The Hall–Kier alpha value is -2.57. The number of carbonyl (C=O) groups is 3. The van der Waals surface area contributed by atoms with Crippen LogP contribution in [0.1, 0.15) is 25.8 Å². The molecule has 0 aliphatic carbocycles. The van der Waals surface area contributed by atoms with Crippen molar-refractivity contribution in [3.63, 3.8) is 0 Å².